The first-order valence-corrected chi connectivity index (χ1v) is 9.12. The van der Waals surface area contributed by atoms with E-state index in [2.05, 4.69) is 5.32 Å². The van der Waals surface area contributed by atoms with E-state index in [1.165, 1.54) is 37.1 Å². The lowest BCUT2D eigenvalue weighted by molar-refractivity contribution is 0.0924. The van der Waals surface area contributed by atoms with Gasteiger partial charge in [0.1, 0.15) is 0 Å². The Labute approximate surface area is 125 Å². The van der Waals surface area contributed by atoms with Gasteiger partial charge in [0.05, 0.1) is 4.90 Å². The van der Waals surface area contributed by atoms with E-state index in [0.29, 0.717) is 18.0 Å². The molecule has 0 aliphatic heterocycles. The summed E-state index contributed by atoms with van der Waals surface area (Å²) in [5.41, 5.74) is 6.22. The van der Waals surface area contributed by atoms with Crippen LogP contribution in [0.1, 0.15) is 36.0 Å². The number of nitrogens with two attached hydrogens (primary N) is 1. The van der Waals surface area contributed by atoms with Crippen molar-refractivity contribution in [3.05, 3.63) is 29.8 Å². The number of amides is 1. The van der Waals surface area contributed by atoms with E-state index in [-0.39, 0.29) is 16.8 Å². The highest BCUT2D eigenvalue weighted by Crippen LogP contribution is 2.27. The van der Waals surface area contributed by atoms with Crippen LogP contribution in [0.5, 0.6) is 0 Å². The molecule has 1 unspecified atom stereocenters. The summed E-state index contributed by atoms with van der Waals surface area (Å²) in [5.74, 6) is 0.256. The lowest BCUT2D eigenvalue weighted by atomic mass is 9.98. The smallest absolute Gasteiger partial charge is 0.251 e. The fourth-order valence-corrected chi connectivity index (χ4v) is 3.46. The highest BCUT2D eigenvalue weighted by molar-refractivity contribution is 7.90. The molecule has 1 amide bonds. The van der Waals surface area contributed by atoms with Crippen LogP contribution in [0.2, 0.25) is 0 Å². The van der Waals surface area contributed by atoms with E-state index in [4.69, 9.17) is 5.73 Å². The van der Waals surface area contributed by atoms with Gasteiger partial charge in [-0.25, -0.2) is 8.42 Å². The van der Waals surface area contributed by atoms with Gasteiger partial charge in [-0.05, 0) is 43.0 Å². The van der Waals surface area contributed by atoms with Crippen molar-refractivity contribution in [1.82, 2.24) is 5.32 Å². The summed E-state index contributed by atoms with van der Waals surface area (Å²) in [6.07, 6.45) is 5.75. The molecule has 1 atom stereocenters. The van der Waals surface area contributed by atoms with Crippen LogP contribution >= 0.6 is 0 Å². The molecule has 2 rings (SSSR count). The molecule has 5 nitrogen and oxygen atoms in total. The van der Waals surface area contributed by atoms with Crippen molar-refractivity contribution in [1.29, 1.82) is 0 Å². The van der Waals surface area contributed by atoms with Gasteiger partial charge >= 0.3 is 0 Å². The molecule has 1 saturated carbocycles. The first-order chi connectivity index (χ1) is 9.91. The van der Waals surface area contributed by atoms with Crippen LogP contribution in [0.3, 0.4) is 0 Å². The van der Waals surface area contributed by atoms with Crippen LogP contribution in [-0.4, -0.2) is 33.2 Å². The first-order valence-electron chi connectivity index (χ1n) is 7.23. The molecule has 21 heavy (non-hydrogen) atoms. The number of nitrogens with one attached hydrogen (secondary N) is 1. The molecule has 6 heteroatoms. The van der Waals surface area contributed by atoms with Gasteiger partial charge in [-0.2, -0.15) is 0 Å². The zero-order valence-corrected chi connectivity index (χ0v) is 13.0. The van der Waals surface area contributed by atoms with Gasteiger partial charge in [-0.3, -0.25) is 4.79 Å². The first kappa shape index (κ1) is 16.0. The third-order valence-electron chi connectivity index (χ3n) is 4.08. The number of hydrogen-bond acceptors (Lipinski definition) is 4. The van der Waals surface area contributed by atoms with Crippen molar-refractivity contribution in [3.8, 4) is 0 Å². The molecule has 1 fully saturated rings. The van der Waals surface area contributed by atoms with Gasteiger partial charge in [0.15, 0.2) is 9.84 Å². The molecular formula is C15H22N2O3S. The number of hydrogen-bond donors (Lipinski definition) is 2. The normalized spacial score (nSPS) is 17.6. The minimum atomic E-state index is -3.24. The van der Waals surface area contributed by atoms with Gasteiger partial charge in [0, 0.05) is 24.4 Å². The molecule has 0 heterocycles. The highest BCUT2D eigenvalue weighted by atomic mass is 32.2. The van der Waals surface area contributed by atoms with Gasteiger partial charge < -0.3 is 11.1 Å². The van der Waals surface area contributed by atoms with Crippen molar-refractivity contribution < 1.29 is 13.2 Å². The van der Waals surface area contributed by atoms with Crippen molar-refractivity contribution in [2.24, 2.45) is 11.7 Å². The maximum Gasteiger partial charge on any atom is 0.251 e. The van der Waals surface area contributed by atoms with E-state index in [9.17, 15) is 13.2 Å². The van der Waals surface area contributed by atoms with Gasteiger partial charge in [-0.15, -0.1) is 0 Å². The Balaban J connectivity index is 2.05. The van der Waals surface area contributed by atoms with Crippen LogP contribution < -0.4 is 11.1 Å². The maximum atomic E-state index is 12.2. The molecule has 0 bridgehead atoms. The van der Waals surface area contributed by atoms with E-state index in [0.717, 1.165) is 19.1 Å². The predicted molar refractivity (Wildman–Crippen MR) is 81.8 cm³/mol. The van der Waals surface area contributed by atoms with Crippen molar-refractivity contribution >= 4 is 15.7 Å². The van der Waals surface area contributed by atoms with Crippen molar-refractivity contribution in [2.75, 3.05) is 12.8 Å². The molecule has 0 saturated heterocycles. The summed E-state index contributed by atoms with van der Waals surface area (Å²) in [5, 5.41) is 2.97. The SMILES string of the molecule is CS(=O)(=O)c1ccc(C(=O)NC(CN)C2CCCC2)cc1. The zero-order chi connectivity index (χ0) is 15.5. The molecule has 1 aliphatic carbocycles. The summed E-state index contributed by atoms with van der Waals surface area (Å²) >= 11 is 0. The molecule has 1 aromatic rings. The highest BCUT2D eigenvalue weighted by Gasteiger charge is 2.25. The summed E-state index contributed by atoms with van der Waals surface area (Å²) in [6, 6.07) is 5.98. The lowest BCUT2D eigenvalue weighted by Gasteiger charge is -2.23. The molecule has 0 spiro atoms. The van der Waals surface area contributed by atoms with Crippen LogP contribution in [0.15, 0.2) is 29.2 Å². The molecule has 1 aromatic carbocycles. The molecule has 3 N–H and O–H groups in total. The Morgan fingerprint density at radius 2 is 1.86 bits per heavy atom. The van der Waals surface area contributed by atoms with E-state index in [1.807, 2.05) is 0 Å². The van der Waals surface area contributed by atoms with Crippen molar-refractivity contribution in [3.63, 3.8) is 0 Å². The van der Waals surface area contributed by atoms with Crippen LogP contribution in [-0.2, 0) is 9.84 Å². The number of carbonyl (C=O) groups excluding carboxylic acids is 1. The second-order valence-corrected chi connectivity index (χ2v) is 7.67. The number of sulfone groups is 1. The Kier molecular flexibility index (Phi) is 5.00. The third-order valence-corrected chi connectivity index (χ3v) is 5.21. The largest absolute Gasteiger partial charge is 0.348 e. The molecule has 1 aliphatic rings. The Bertz CT molecular complexity index is 590. The fourth-order valence-electron chi connectivity index (χ4n) is 2.83. The van der Waals surface area contributed by atoms with Crippen LogP contribution in [0, 0.1) is 5.92 Å². The summed E-state index contributed by atoms with van der Waals surface area (Å²) < 4.78 is 22.8. The average molecular weight is 310 g/mol. The standard InChI is InChI=1S/C15H22N2O3S/c1-21(19,20)13-8-6-12(7-9-13)15(18)17-14(10-16)11-4-2-3-5-11/h6-9,11,14H,2-5,10,16H2,1H3,(H,17,18). The maximum absolute atomic E-state index is 12.2. The van der Waals surface area contributed by atoms with E-state index >= 15 is 0 Å². The molecule has 0 radical (unpaired) electrons. The second kappa shape index (κ2) is 6.58. The Morgan fingerprint density at radius 3 is 2.33 bits per heavy atom. The summed E-state index contributed by atoms with van der Waals surface area (Å²) in [4.78, 5) is 12.4. The Hall–Kier alpha value is -1.40. The fraction of sp³-hybridized carbons (Fsp3) is 0.533. The topological polar surface area (TPSA) is 89.3 Å². The summed E-state index contributed by atoms with van der Waals surface area (Å²) in [6.45, 7) is 0.428. The summed E-state index contributed by atoms with van der Waals surface area (Å²) in [7, 11) is -3.24. The number of benzene rings is 1. The third kappa shape index (κ3) is 4.04. The average Bonchev–Trinajstić information content (AvgIpc) is 2.97. The van der Waals surface area contributed by atoms with E-state index in [1.54, 1.807) is 0 Å². The van der Waals surface area contributed by atoms with Crippen LogP contribution in [0.25, 0.3) is 0 Å². The molecule has 0 aromatic heterocycles. The minimum Gasteiger partial charge on any atom is -0.348 e. The minimum absolute atomic E-state index is 0.00501. The van der Waals surface area contributed by atoms with E-state index < -0.39 is 9.84 Å². The Morgan fingerprint density at radius 1 is 1.29 bits per heavy atom. The van der Waals surface area contributed by atoms with Crippen LogP contribution in [0.4, 0.5) is 0 Å². The second-order valence-electron chi connectivity index (χ2n) is 5.66. The zero-order valence-electron chi connectivity index (χ0n) is 12.2. The van der Waals surface area contributed by atoms with Gasteiger partial charge in [-0.1, -0.05) is 12.8 Å². The predicted octanol–water partition coefficient (Wildman–Crippen LogP) is 1.34. The quantitative estimate of drug-likeness (QED) is 0.859. The van der Waals surface area contributed by atoms with Crippen molar-refractivity contribution in [2.45, 2.75) is 36.6 Å². The monoisotopic (exact) mass is 310 g/mol. The molecule has 116 valence electrons. The molecular weight excluding hydrogens is 288 g/mol. The number of rotatable bonds is 5. The lowest BCUT2D eigenvalue weighted by Crippen LogP contribution is -2.44. The number of carbonyl (C=O) groups is 1. The van der Waals surface area contributed by atoms with Gasteiger partial charge in [0.2, 0.25) is 0 Å². The van der Waals surface area contributed by atoms with Gasteiger partial charge in [0.25, 0.3) is 5.91 Å².